The van der Waals surface area contributed by atoms with Crippen LogP contribution in [0.5, 0.6) is 0 Å². The lowest BCUT2D eigenvalue weighted by atomic mass is 9.69. The quantitative estimate of drug-likeness (QED) is 0.844. The van der Waals surface area contributed by atoms with Crippen molar-refractivity contribution in [1.82, 2.24) is 10.2 Å². The zero-order valence-corrected chi connectivity index (χ0v) is 15.5. The van der Waals surface area contributed by atoms with Crippen molar-refractivity contribution in [2.24, 2.45) is 17.3 Å². The summed E-state index contributed by atoms with van der Waals surface area (Å²) in [7, 11) is 0. The molecule has 4 heteroatoms. The lowest BCUT2D eigenvalue weighted by Crippen LogP contribution is -2.43. The van der Waals surface area contributed by atoms with E-state index in [0.717, 1.165) is 18.8 Å². The Hall–Kier alpha value is -1.06. The molecule has 4 nitrogen and oxygen atoms in total. The second-order valence-corrected chi connectivity index (χ2v) is 8.44. The Kier molecular flexibility index (Phi) is 5.74. The predicted molar refractivity (Wildman–Crippen MR) is 92.9 cm³/mol. The molecule has 0 aromatic carbocycles. The van der Waals surface area contributed by atoms with Crippen LogP contribution in [-0.2, 0) is 9.59 Å². The third-order valence-electron chi connectivity index (χ3n) is 6.24. The van der Waals surface area contributed by atoms with E-state index >= 15 is 0 Å². The fraction of sp³-hybridized carbons (Fsp3) is 0.895. The molecular weight excluding hydrogens is 288 g/mol. The molecule has 0 spiro atoms. The number of amides is 2. The Morgan fingerprint density at radius 3 is 2.35 bits per heavy atom. The van der Waals surface area contributed by atoms with Crippen LogP contribution in [0.25, 0.3) is 0 Å². The maximum absolute atomic E-state index is 12.5. The predicted octanol–water partition coefficient (Wildman–Crippen LogP) is 3.35. The van der Waals surface area contributed by atoms with Gasteiger partial charge in [-0.15, -0.1) is 0 Å². The molecule has 1 aliphatic carbocycles. The van der Waals surface area contributed by atoms with Crippen LogP contribution >= 0.6 is 0 Å². The van der Waals surface area contributed by atoms with Crippen molar-refractivity contribution in [2.75, 3.05) is 6.54 Å². The van der Waals surface area contributed by atoms with Crippen LogP contribution < -0.4 is 5.32 Å². The summed E-state index contributed by atoms with van der Waals surface area (Å²) in [6, 6.07) is 0.488. The Morgan fingerprint density at radius 2 is 1.87 bits per heavy atom. The molecule has 2 fully saturated rings. The highest BCUT2D eigenvalue weighted by Crippen LogP contribution is 2.40. The fourth-order valence-corrected chi connectivity index (χ4v) is 4.03. The van der Waals surface area contributed by atoms with Gasteiger partial charge in [0.05, 0.1) is 5.92 Å². The first-order chi connectivity index (χ1) is 10.7. The minimum Gasteiger partial charge on any atom is -0.353 e. The van der Waals surface area contributed by atoms with Crippen molar-refractivity contribution in [3.63, 3.8) is 0 Å². The first-order valence-corrected chi connectivity index (χ1v) is 9.34. The van der Waals surface area contributed by atoms with E-state index in [9.17, 15) is 9.59 Å². The van der Waals surface area contributed by atoms with Crippen molar-refractivity contribution < 1.29 is 9.59 Å². The zero-order chi connectivity index (χ0) is 17.2. The summed E-state index contributed by atoms with van der Waals surface area (Å²) in [6.45, 7) is 11.6. The maximum Gasteiger partial charge on any atom is 0.225 e. The van der Waals surface area contributed by atoms with Gasteiger partial charge in [-0.1, -0.05) is 27.2 Å². The molecule has 2 amide bonds. The van der Waals surface area contributed by atoms with Gasteiger partial charge in [-0.05, 0) is 50.9 Å². The Balaban J connectivity index is 1.81. The molecule has 132 valence electrons. The Labute approximate surface area is 141 Å². The van der Waals surface area contributed by atoms with E-state index in [2.05, 4.69) is 26.1 Å². The molecule has 2 rings (SSSR count). The zero-order valence-electron chi connectivity index (χ0n) is 15.5. The molecule has 0 aromatic heterocycles. The summed E-state index contributed by atoms with van der Waals surface area (Å²) in [5.41, 5.74) is 0.407. The number of rotatable bonds is 5. The highest BCUT2D eigenvalue weighted by molar-refractivity contribution is 5.89. The van der Waals surface area contributed by atoms with E-state index in [0.29, 0.717) is 24.4 Å². The average Bonchev–Trinajstić information content (AvgIpc) is 2.90. The van der Waals surface area contributed by atoms with Crippen LogP contribution in [0.1, 0.15) is 73.1 Å². The molecule has 0 radical (unpaired) electrons. The van der Waals surface area contributed by atoms with Gasteiger partial charge in [0, 0.05) is 25.0 Å². The molecule has 1 saturated carbocycles. The average molecular weight is 322 g/mol. The number of likely N-dealkylation sites (tertiary alicyclic amines) is 1. The molecule has 0 aromatic rings. The van der Waals surface area contributed by atoms with E-state index in [1.807, 2.05) is 18.7 Å². The monoisotopic (exact) mass is 322 g/mol. The normalized spacial score (nSPS) is 29.2. The maximum atomic E-state index is 12.5. The van der Waals surface area contributed by atoms with Crippen molar-refractivity contribution in [1.29, 1.82) is 0 Å². The van der Waals surface area contributed by atoms with E-state index < -0.39 is 0 Å². The SMILES string of the molecule is CCC(C)(C)C1CCC(NC(=O)[C@H]2CC(=O)N(C(C)C)C2)CC1. The molecule has 1 atom stereocenters. The van der Waals surface area contributed by atoms with Crippen molar-refractivity contribution in [3.05, 3.63) is 0 Å². The van der Waals surface area contributed by atoms with Crippen molar-refractivity contribution in [2.45, 2.75) is 85.2 Å². The fourth-order valence-electron chi connectivity index (χ4n) is 4.03. The molecular formula is C19H34N2O2. The third kappa shape index (κ3) is 4.27. The van der Waals surface area contributed by atoms with Crippen molar-refractivity contribution in [3.8, 4) is 0 Å². The number of nitrogens with one attached hydrogen (secondary N) is 1. The van der Waals surface area contributed by atoms with Crippen LogP contribution in [0.4, 0.5) is 0 Å². The van der Waals surface area contributed by atoms with E-state index in [1.54, 1.807) is 0 Å². The van der Waals surface area contributed by atoms with Gasteiger partial charge in [-0.2, -0.15) is 0 Å². The number of nitrogens with zero attached hydrogens (tertiary/aromatic N) is 1. The number of hydrogen-bond acceptors (Lipinski definition) is 2. The number of hydrogen-bond donors (Lipinski definition) is 1. The van der Waals surface area contributed by atoms with Crippen LogP contribution in [0.3, 0.4) is 0 Å². The lowest BCUT2D eigenvalue weighted by Gasteiger charge is -2.39. The molecule has 0 bridgehead atoms. The molecule has 1 heterocycles. The Bertz CT molecular complexity index is 437. The van der Waals surface area contributed by atoms with Crippen LogP contribution in [0.15, 0.2) is 0 Å². The van der Waals surface area contributed by atoms with Gasteiger partial charge in [0.1, 0.15) is 0 Å². The van der Waals surface area contributed by atoms with Gasteiger partial charge in [0.25, 0.3) is 0 Å². The van der Waals surface area contributed by atoms with Crippen LogP contribution in [0.2, 0.25) is 0 Å². The minimum absolute atomic E-state index is 0.0831. The first kappa shape index (κ1) is 18.3. The summed E-state index contributed by atoms with van der Waals surface area (Å²) >= 11 is 0. The number of carbonyl (C=O) groups excluding carboxylic acids is 2. The molecule has 2 aliphatic rings. The molecule has 1 saturated heterocycles. The van der Waals surface area contributed by atoms with Crippen LogP contribution in [0, 0.1) is 17.3 Å². The van der Waals surface area contributed by atoms with Gasteiger partial charge in [0.2, 0.25) is 11.8 Å². The standard InChI is InChI=1S/C19H34N2O2/c1-6-19(4,5)15-7-9-16(10-8-15)20-18(23)14-11-17(22)21(12-14)13(2)3/h13-16H,6-12H2,1-5H3,(H,20,23)/t14-,15?,16?/m0/s1. The third-order valence-corrected chi connectivity index (χ3v) is 6.24. The van der Waals surface area contributed by atoms with Gasteiger partial charge in [0.15, 0.2) is 0 Å². The van der Waals surface area contributed by atoms with Crippen molar-refractivity contribution >= 4 is 11.8 Å². The second kappa shape index (κ2) is 7.23. The highest BCUT2D eigenvalue weighted by atomic mass is 16.2. The number of carbonyl (C=O) groups is 2. The second-order valence-electron chi connectivity index (χ2n) is 8.44. The molecule has 23 heavy (non-hydrogen) atoms. The van der Waals surface area contributed by atoms with Crippen LogP contribution in [-0.4, -0.2) is 35.3 Å². The van der Waals surface area contributed by atoms with E-state index in [1.165, 1.54) is 19.3 Å². The Morgan fingerprint density at radius 1 is 1.26 bits per heavy atom. The summed E-state index contributed by atoms with van der Waals surface area (Å²) in [5, 5.41) is 3.21. The van der Waals surface area contributed by atoms with Gasteiger partial charge < -0.3 is 10.2 Å². The molecule has 1 N–H and O–H groups in total. The van der Waals surface area contributed by atoms with Gasteiger partial charge >= 0.3 is 0 Å². The summed E-state index contributed by atoms with van der Waals surface area (Å²) in [5.74, 6) is 0.813. The molecule has 1 aliphatic heterocycles. The highest BCUT2D eigenvalue weighted by Gasteiger charge is 2.37. The lowest BCUT2D eigenvalue weighted by molar-refractivity contribution is -0.130. The summed E-state index contributed by atoms with van der Waals surface area (Å²) in [6.07, 6.45) is 6.15. The minimum atomic E-state index is -0.158. The van der Waals surface area contributed by atoms with E-state index in [4.69, 9.17) is 0 Å². The van der Waals surface area contributed by atoms with Gasteiger partial charge in [-0.3, -0.25) is 9.59 Å². The smallest absolute Gasteiger partial charge is 0.225 e. The first-order valence-electron chi connectivity index (χ1n) is 9.34. The van der Waals surface area contributed by atoms with E-state index in [-0.39, 0.29) is 23.8 Å². The largest absolute Gasteiger partial charge is 0.353 e. The molecule has 0 unspecified atom stereocenters. The summed E-state index contributed by atoms with van der Waals surface area (Å²) in [4.78, 5) is 26.3. The topological polar surface area (TPSA) is 49.4 Å². The van der Waals surface area contributed by atoms with Gasteiger partial charge in [-0.25, -0.2) is 0 Å². The summed E-state index contributed by atoms with van der Waals surface area (Å²) < 4.78 is 0.